The number of hydrogen-bond acceptors (Lipinski definition) is 5. The van der Waals surface area contributed by atoms with Gasteiger partial charge in [0.25, 0.3) is 0 Å². The van der Waals surface area contributed by atoms with E-state index < -0.39 is 5.60 Å². The van der Waals surface area contributed by atoms with E-state index in [1.54, 1.807) is 4.90 Å². The van der Waals surface area contributed by atoms with Crippen LogP contribution in [0.2, 0.25) is 5.02 Å². The molecule has 1 amide bonds. The Morgan fingerprint density at radius 3 is 2.84 bits per heavy atom. The summed E-state index contributed by atoms with van der Waals surface area (Å²) in [6, 6.07) is 5.30. The largest absolute Gasteiger partial charge is 0.444 e. The highest BCUT2D eigenvalue weighted by Crippen LogP contribution is 2.35. The van der Waals surface area contributed by atoms with Crippen molar-refractivity contribution in [2.45, 2.75) is 52.2 Å². The Bertz CT molecular complexity index is 782. The normalized spacial score (nSPS) is 17.8. The van der Waals surface area contributed by atoms with E-state index in [1.807, 2.05) is 45.9 Å². The molecule has 1 aliphatic rings. The van der Waals surface area contributed by atoms with E-state index in [0.29, 0.717) is 23.3 Å². The van der Waals surface area contributed by atoms with Crippen LogP contribution in [0.3, 0.4) is 0 Å². The van der Waals surface area contributed by atoms with Gasteiger partial charge in [0.1, 0.15) is 11.6 Å². The molecule has 1 saturated heterocycles. The third-order valence-electron chi connectivity index (χ3n) is 4.10. The fraction of sp³-hybridized carbons (Fsp3) is 0.500. The van der Waals surface area contributed by atoms with Gasteiger partial charge in [-0.05, 0) is 58.2 Å². The second-order valence-electron chi connectivity index (χ2n) is 7.19. The van der Waals surface area contributed by atoms with Crippen molar-refractivity contribution in [2.75, 3.05) is 6.54 Å². The van der Waals surface area contributed by atoms with Gasteiger partial charge in [-0.3, -0.25) is 4.90 Å². The Hall–Kier alpha value is -2.08. The van der Waals surface area contributed by atoms with E-state index >= 15 is 0 Å². The molecule has 2 heterocycles. The number of hydrogen-bond donors (Lipinski definition) is 0. The van der Waals surface area contributed by atoms with Crippen LogP contribution in [0.15, 0.2) is 22.6 Å². The lowest BCUT2D eigenvalue weighted by atomic mass is 10.1. The maximum absolute atomic E-state index is 12.4. The summed E-state index contributed by atoms with van der Waals surface area (Å²) in [5.74, 6) is 0.837. The molecule has 1 aromatic heterocycles. The van der Waals surface area contributed by atoms with Gasteiger partial charge in [0.2, 0.25) is 11.8 Å². The van der Waals surface area contributed by atoms with Gasteiger partial charge in [-0.2, -0.15) is 0 Å². The predicted octanol–water partition coefficient (Wildman–Crippen LogP) is 4.77. The molecule has 1 fully saturated rings. The predicted molar refractivity (Wildman–Crippen MR) is 94.4 cm³/mol. The quantitative estimate of drug-likeness (QED) is 0.768. The first kappa shape index (κ1) is 17.7. The van der Waals surface area contributed by atoms with E-state index in [4.69, 9.17) is 20.8 Å². The van der Waals surface area contributed by atoms with Crippen LogP contribution in [-0.2, 0) is 4.74 Å². The molecule has 0 radical (unpaired) electrons. The number of ether oxygens (including phenoxy) is 1. The number of carbonyl (C=O) groups is 1. The Labute approximate surface area is 152 Å². The molecule has 0 spiro atoms. The first-order valence-corrected chi connectivity index (χ1v) is 8.72. The number of likely N-dealkylation sites (tertiary alicyclic amines) is 1. The molecule has 1 unspecified atom stereocenters. The minimum absolute atomic E-state index is 0.254. The summed E-state index contributed by atoms with van der Waals surface area (Å²) in [7, 11) is 0. The van der Waals surface area contributed by atoms with Crippen molar-refractivity contribution >= 4 is 17.7 Å². The van der Waals surface area contributed by atoms with Gasteiger partial charge in [0.05, 0.1) is 0 Å². The highest BCUT2D eigenvalue weighted by molar-refractivity contribution is 6.31. The fourth-order valence-corrected chi connectivity index (χ4v) is 3.05. The maximum Gasteiger partial charge on any atom is 0.410 e. The van der Waals surface area contributed by atoms with Crippen molar-refractivity contribution in [2.24, 2.45) is 0 Å². The van der Waals surface area contributed by atoms with Gasteiger partial charge in [0.15, 0.2) is 0 Å². The summed E-state index contributed by atoms with van der Waals surface area (Å²) in [6.07, 6.45) is 1.29. The molecule has 1 atom stereocenters. The van der Waals surface area contributed by atoms with Crippen LogP contribution in [0.4, 0.5) is 4.79 Å². The molecule has 0 bridgehead atoms. The van der Waals surface area contributed by atoms with Gasteiger partial charge in [-0.15, -0.1) is 10.2 Å². The number of aromatic nitrogens is 2. The number of rotatable bonds is 2. The Morgan fingerprint density at radius 2 is 2.12 bits per heavy atom. The summed E-state index contributed by atoms with van der Waals surface area (Å²) < 4.78 is 11.3. The van der Waals surface area contributed by atoms with Crippen molar-refractivity contribution in [3.63, 3.8) is 0 Å². The van der Waals surface area contributed by atoms with E-state index in [-0.39, 0.29) is 12.1 Å². The molecule has 2 aromatic rings. The lowest BCUT2D eigenvalue weighted by molar-refractivity contribution is 0.0204. The molecule has 6 nitrogen and oxygen atoms in total. The number of amides is 1. The molecule has 3 rings (SSSR count). The van der Waals surface area contributed by atoms with Crippen molar-refractivity contribution in [3.05, 3.63) is 34.7 Å². The second kappa shape index (κ2) is 6.67. The molecule has 7 heteroatoms. The van der Waals surface area contributed by atoms with Crippen molar-refractivity contribution in [1.82, 2.24) is 15.1 Å². The van der Waals surface area contributed by atoms with Crippen molar-refractivity contribution < 1.29 is 13.9 Å². The molecule has 0 N–H and O–H groups in total. The number of benzene rings is 1. The summed E-state index contributed by atoms with van der Waals surface area (Å²) in [6.45, 7) is 8.08. The van der Waals surface area contributed by atoms with Crippen LogP contribution in [0.5, 0.6) is 0 Å². The topological polar surface area (TPSA) is 68.5 Å². The fourth-order valence-electron chi connectivity index (χ4n) is 2.88. The van der Waals surface area contributed by atoms with E-state index in [9.17, 15) is 4.79 Å². The van der Waals surface area contributed by atoms with Crippen molar-refractivity contribution in [1.29, 1.82) is 0 Å². The van der Waals surface area contributed by atoms with Crippen LogP contribution in [0, 0.1) is 6.92 Å². The number of carbonyl (C=O) groups excluding carboxylic acids is 1. The Balaban J connectivity index is 1.84. The average molecular weight is 364 g/mol. The number of nitrogens with zero attached hydrogens (tertiary/aromatic N) is 3. The van der Waals surface area contributed by atoms with Crippen LogP contribution < -0.4 is 0 Å². The van der Waals surface area contributed by atoms with Gasteiger partial charge in [-0.25, -0.2) is 4.79 Å². The number of halogens is 1. The molecule has 1 aromatic carbocycles. The van der Waals surface area contributed by atoms with E-state index in [2.05, 4.69) is 10.2 Å². The van der Waals surface area contributed by atoms with Gasteiger partial charge >= 0.3 is 6.09 Å². The lowest BCUT2D eigenvalue weighted by Gasteiger charge is -2.27. The lowest BCUT2D eigenvalue weighted by Crippen LogP contribution is -2.36. The monoisotopic (exact) mass is 363 g/mol. The first-order valence-electron chi connectivity index (χ1n) is 8.35. The Morgan fingerprint density at radius 1 is 1.36 bits per heavy atom. The van der Waals surface area contributed by atoms with Crippen molar-refractivity contribution in [3.8, 4) is 11.5 Å². The standard InChI is InChI=1S/C18H22ClN3O3/c1-11-12(7-5-8-13(11)19)15-20-21-16(24-15)14-9-6-10-22(14)17(23)25-18(2,3)4/h5,7-8,14H,6,9-10H2,1-4H3. The molecule has 1 aliphatic heterocycles. The zero-order chi connectivity index (χ0) is 18.2. The zero-order valence-corrected chi connectivity index (χ0v) is 15.6. The molecule has 134 valence electrons. The molecule has 25 heavy (non-hydrogen) atoms. The summed E-state index contributed by atoms with van der Waals surface area (Å²) >= 11 is 6.16. The van der Waals surface area contributed by atoms with Gasteiger partial charge < -0.3 is 9.15 Å². The third kappa shape index (κ3) is 3.79. The van der Waals surface area contributed by atoms with Gasteiger partial charge in [-0.1, -0.05) is 17.7 Å². The summed E-state index contributed by atoms with van der Waals surface area (Å²) in [4.78, 5) is 14.1. The first-order chi connectivity index (χ1) is 11.8. The highest BCUT2D eigenvalue weighted by Gasteiger charge is 2.36. The zero-order valence-electron chi connectivity index (χ0n) is 14.9. The summed E-state index contributed by atoms with van der Waals surface area (Å²) in [5.41, 5.74) is 1.14. The second-order valence-corrected chi connectivity index (χ2v) is 7.60. The average Bonchev–Trinajstić information content (AvgIpc) is 3.16. The molecule has 0 saturated carbocycles. The van der Waals surface area contributed by atoms with E-state index in [1.165, 1.54) is 0 Å². The van der Waals surface area contributed by atoms with Crippen LogP contribution >= 0.6 is 11.6 Å². The van der Waals surface area contributed by atoms with Crippen LogP contribution in [0.25, 0.3) is 11.5 Å². The summed E-state index contributed by atoms with van der Waals surface area (Å²) in [5, 5.41) is 8.96. The maximum atomic E-state index is 12.4. The van der Waals surface area contributed by atoms with E-state index in [0.717, 1.165) is 24.0 Å². The van der Waals surface area contributed by atoms with Gasteiger partial charge in [0, 0.05) is 17.1 Å². The molecular weight excluding hydrogens is 342 g/mol. The molecule has 0 aliphatic carbocycles. The smallest absolute Gasteiger partial charge is 0.410 e. The highest BCUT2D eigenvalue weighted by atomic mass is 35.5. The molecular formula is C18H22ClN3O3. The SMILES string of the molecule is Cc1c(Cl)cccc1-c1nnc(C2CCCN2C(=O)OC(C)(C)C)o1. The van der Waals surface area contributed by atoms with Crippen LogP contribution in [-0.4, -0.2) is 33.3 Å². The third-order valence-corrected chi connectivity index (χ3v) is 4.51. The Kier molecular flexibility index (Phi) is 4.73. The minimum Gasteiger partial charge on any atom is -0.444 e. The van der Waals surface area contributed by atoms with Crippen LogP contribution in [0.1, 0.15) is 51.1 Å². The minimum atomic E-state index is -0.540.